The van der Waals surface area contributed by atoms with Gasteiger partial charge < -0.3 is 19.9 Å². The van der Waals surface area contributed by atoms with E-state index in [9.17, 15) is 5.11 Å². The third-order valence-electron chi connectivity index (χ3n) is 3.80. The van der Waals surface area contributed by atoms with Crippen molar-refractivity contribution in [2.75, 3.05) is 19.9 Å². The first kappa shape index (κ1) is 11.8. The van der Waals surface area contributed by atoms with Crippen molar-refractivity contribution in [2.24, 2.45) is 11.8 Å². The summed E-state index contributed by atoms with van der Waals surface area (Å²) in [6.07, 6.45) is 0.821. The lowest BCUT2D eigenvalue weighted by Gasteiger charge is -2.12. The number of hydrogen-bond donors (Lipinski definition) is 2. The van der Waals surface area contributed by atoms with Crippen molar-refractivity contribution in [1.29, 1.82) is 0 Å². The Labute approximate surface area is 107 Å². The molecular formula is C14H19NO3. The summed E-state index contributed by atoms with van der Waals surface area (Å²) in [5, 5.41) is 13.4. The third-order valence-corrected chi connectivity index (χ3v) is 3.80. The van der Waals surface area contributed by atoms with Crippen LogP contribution in [0.4, 0.5) is 0 Å². The summed E-state index contributed by atoms with van der Waals surface area (Å²) in [5.41, 5.74) is 0.871. The Morgan fingerprint density at radius 1 is 1.39 bits per heavy atom. The highest BCUT2D eigenvalue weighted by Gasteiger charge is 2.31. The largest absolute Gasteiger partial charge is 0.454 e. The van der Waals surface area contributed by atoms with E-state index in [0.717, 1.165) is 35.4 Å². The maximum absolute atomic E-state index is 10.1. The van der Waals surface area contributed by atoms with Gasteiger partial charge in [-0.25, -0.2) is 0 Å². The molecule has 18 heavy (non-hydrogen) atoms. The predicted octanol–water partition coefficient (Wildman–Crippen LogP) is 1.69. The van der Waals surface area contributed by atoms with E-state index in [4.69, 9.17) is 9.47 Å². The average molecular weight is 249 g/mol. The third kappa shape index (κ3) is 2.44. The molecule has 1 aliphatic heterocycles. The first-order chi connectivity index (χ1) is 8.74. The van der Waals surface area contributed by atoms with Gasteiger partial charge in [-0.1, -0.05) is 13.0 Å². The smallest absolute Gasteiger partial charge is 0.231 e. The van der Waals surface area contributed by atoms with Gasteiger partial charge in [0.25, 0.3) is 0 Å². The number of aliphatic hydroxyl groups excluding tert-OH is 1. The van der Waals surface area contributed by atoms with Crippen LogP contribution in [0.3, 0.4) is 0 Å². The standard InChI is InChI=1S/C14H19NO3/c1-9-4-11(9)6-15-7-12(16)10-2-3-13-14(5-10)18-8-17-13/h2-3,5,9,11-12,15-16H,4,6-8H2,1H3. The zero-order valence-corrected chi connectivity index (χ0v) is 10.6. The quantitative estimate of drug-likeness (QED) is 0.834. The molecule has 4 heteroatoms. The zero-order valence-electron chi connectivity index (χ0n) is 10.6. The summed E-state index contributed by atoms with van der Waals surface area (Å²) < 4.78 is 10.5. The van der Waals surface area contributed by atoms with Gasteiger partial charge >= 0.3 is 0 Å². The maximum Gasteiger partial charge on any atom is 0.231 e. The van der Waals surface area contributed by atoms with Crippen LogP contribution in [0.1, 0.15) is 25.0 Å². The molecule has 1 saturated carbocycles. The van der Waals surface area contributed by atoms with Crippen LogP contribution in [-0.2, 0) is 0 Å². The molecule has 1 fully saturated rings. The van der Waals surface area contributed by atoms with E-state index in [1.165, 1.54) is 6.42 Å². The molecule has 2 aliphatic rings. The van der Waals surface area contributed by atoms with Crippen LogP contribution < -0.4 is 14.8 Å². The fraction of sp³-hybridized carbons (Fsp3) is 0.571. The second-order valence-electron chi connectivity index (χ2n) is 5.26. The highest BCUT2D eigenvalue weighted by atomic mass is 16.7. The van der Waals surface area contributed by atoms with Gasteiger partial charge in [0, 0.05) is 6.54 Å². The van der Waals surface area contributed by atoms with Crippen molar-refractivity contribution in [2.45, 2.75) is 19.4 Å². The molecule has 1 heterocycles. The Morgan fingerprint density at radius 3 is 2.94 bits per heavy atom. The lowest BCUT2D eigenvalue weighted by molar-refractivity contribution is 0.170. The molecule has 98 valence electrons. The van der Waals surface area contributed by atoms with Crippen molar-refractivity contribution in [3.05, 3.63) is 23.8 Å². The first-order valence-corrected chi connectivity index (χ1v) is 6.52. The lowest BCUT2D eigenvalue weighted by atomic mass is 10.1. The number of hydrogen-bond acceptors (Lipinski definition) is 4. The van der Waals surface area contributed by atoms with Gasteiger partial charge in [0.2, 0.25) is 6.79 Å². The van der Waals surface area contributed by atoms with E-state index in [1.54, 1.807) is 0 Å². The van der Waals surface area contributed by atoms with Crippen molar-refractivity contribution < 1.29 is 14.6 Å². The van der Waals surface area contributed by atoms with E-state index in [0.29, 0.717) is 6.54 Å². The van der Waals surface area contributed by atoms with Crippen LogP contribution in [0.5, 0.6) is 11.5 Å². The highest BCUT2D eigenvalue weighted by Crippen LogP contribution is 2.37. The van der Waals surface area contributed by atoms with Crippen molar-refractivity contribution in [1.82, 2.24) is 5.32 Å². The van der Waals surface area contributed by atoms with Gasteiger partial charge in [0.15, 0.2) is 11.5 Å². The van der Waals surface area contributed by atoms with Crippen molar-refractivity contribution in [3.8, 4) is 11.5 Å². The number of rotatable bonds is 5. The fourth-order valence-electron chi connectivity index (χ4n) is 2.33. The predicted molar refractivity (Wildman–Crippen MR) is 67.7 cm³/mol. The summed E-state index contributed by atoms with van der Waals surface area (Å²) in [6.45, 7) is 4.12. The van der Waals surface area contributed by atoms with Crippen LogP contribution in [0, 0.1) is 11.8 Å². The number of nitrogens with one attached hydrogen (secondary N) is 1. The number of fused-ring (bicyclic) bond motifs is 1. The molecule has 0 aromatic heterocycles. The van der Waals surface area contributed by atoms with Gasteiger partial charge in [0.05, 0.1) is 6.10 Å². The molecule has 0 amide bonds. The van der Waals surface area contributed by atoms with E-state index in [1.807, 2.05) is 18.2 Å². The molecule has 3 atom stereocenters. The Kier molecular flexibility index (Phi) is 3.14. The van der Waals surface area contributed by atoms with Gasteiger partial charge in [-0.05, 0) is 42.5 Å². The van der Waals surface area contributed by atoms with Gasteiger partial charge in [-0.2, -0.15) is 0 Å². The molecule has 3 rings (SSSR count). The maximum atomic E-state index is 10.1. The second-order valence-corrected chi connectivity index (χ2v) is 5.26. The Balaban J connectivity index is 1.53. The number of aliphatic hydroxyl groups is 1. The Bertz CT molecular complexity index is 435. The van der Waals surface area contributed by atoms with Crippen LogP contribution >= 0.6 is 0 Å². The van der Waals surface area contributed by atoms with E-state index < -0.39 is 6.10 Å². The van der Waals surface area contributed by atoms with Crippen LogP contribution in [0.15, 0.2) is 18.2 Å². The molecule has 0 radical (unpaired) electrons. The van der Waals surface area contributed by atoms with Crippen LogP contribution in [-0.4, -0.2) is 25.0 Å². The number of ether oxygens (including phenoxy) is 2. The van der Waals surface area contributed by atoms with Gasteiger partial charge in [-0.3, -0.25) is 0 Å². The molecular weight excluding hydrogens is 230 g/mol. The molecule has 1 aliphatic carbocycles. The lowest BCUT2D eigenvalue weighted by Crippen LogP contribution is -2.23. The monoisotopic (exact) mass is 249 g/mol. The minimum absolute atomic E-state index is 0.271. The normalized spacial score (nSPS) is 26.1. The van der Waals surface area contributed by atoms with E-state index >= 15 is 0 Å². The molecule has 3 unspecified atom stereocenters. The Morgan fingerprint density at radius 2 is 2.17 bits per heavy atom. The molecule has 0 bridgehead atoms. The Hall–Kier alpha value is -1.26. The molecule has 1 aromatic rings. The summed E-state index contributed by atoms with van der Waals surface area (Å²) in [4.78, 5) is 0. The van der Waals surface area contributed by atoms with E-state index in [2.05, 4.69) is 12.2 Å². The van der Waals surface area contributed by atoms with Crippen LogP contribution in [0.2, 0.25) is 0 Å². The van der Waals surface area contributed by atoms with Crippen molar-refractivity contribution in [3.63, 3.8) is 0 Å². The second kappa shape index (κ2) is 4.78. The SMILES string of the molecule is CC1CC1CNCC(O)c1ccc2c(c1)OCO2. The summed E-state index contributed by atoms with van der Waals surface area (Å²) in [5.74, 6) is 3.13. The average Bonchev–Trinajstić information content (AvgIpc) is 2.90. The molecule has 4 nitrogen and oxygen atoms in total. The van der Waals surface area contributed by atoms with Gasteiger partial charge in [-0.15, -0.1) is 0 Å². The zero-order chi connectivity index (χ0) is 12.5. The van der Waals surface area contributed by atoms with Crippen LogP contribution in [0.25, 0.3) is 0 Å². The summed E-state index contributed by atoms with van der Waals surface area (Å²) in [7, 11) is 0. The molecule has 2 N–H and O–H groups in total. The molecule has 1 aromatic carbocycles. The first-order valence-electron chi connectivity index (χ1n) is 6.52. The van der Waals surface area contributed by atoms with E-state index in [-0.39, 0.29) is 6.79 Å². The minimum Gasteiger partial charge on any atom is -0.454 e. The van der Waals surface area contributed by atoms with Gasteiger partial charge in [0.1, 0.15) is 0 Å². The summed E-state index contributed by atoms with van der Waals surface area (Å²) in [6, 6.07) is 5.60. The highest BCUT2D eigenvalue weighted by molar-refractivity contribution is 5.45. The minimum atomic E-state index is -0.492. The number of benzene rings is 1. The summed E-state index contributed by atoms with van der Waals surface area (Å²) >= 11 is 0. The van der Waals surface area contributed by atoms with Crippen molar-refractivity contribution >= 4 is 0 Å². The molecule has 0 saturated heterocycles. The fourth-order valence-corrected chi connectivity index (χ4v) is 2.33. The topological polar surface area (TPSA) is 50.7 Å². The molecule has 0 spiro atoms.